The van der Waals surface area contributed by atoms with Gasteiger partial charge in [0.25, 0.3) is 5.91 Å². The lowest BCUT2D eigenvalue weighted by atomic mass is 10.0. The van der Waals surface area contributed by atoms with E-state index >= 15 is 0 Å². The number of rotatable bonds is 3. The maximum absolute atomic E-state index is 13.4. The van der Waals surface area contributed by atoms with Crippen LogP contribution in [0.4, 0.5) is 11.5 Å². The van der Waals surface area contributed by atoms with E-state index in [1.54, 1.807) is 18.0 Å². The number of nitrogens with one attached hydrogen (secondary N) is 2. The Kier molecular flexibility index (Phi) is 5.96. The first-order valence-corrected chi connectivity index (χ1v) is 11.4. The van der Waals surface area contributed by atoms with Crippen molar-refractivity contribution in [1.29, 1.82) is 0 Å². The quantitative estimate of drug-likeness (QED) is 0.399. The number of carbonyl (C=O) groups excluding carboxylic acids is 1. The highest BCUT2D eigenvalue weighted by Crippen LogP contribution is 2.30. The number of thiocarbonyl (C=S) groups is 1. The molecule has 1 aliphatic rings. The Morgan fingerprint density at radius 1 is 1.00 bits per heavy atom. The number of amides is 1. The number of benzodiazepines with no additional fused rings is 1. The predicted octanol–water partition coefficient (Wildman–Crippen LogP) is 5.01. The fraction of sp³-hybridized carbons (Fsp3) is 0.0769. The Morgan fingerprint density at radius 3 is 2.59 bits per heavy atom. The summed E-state index contributed by atoms with van der Waals surface area (Å²) in [5.74, 6) is 0.332. The number of halogens is 1. The first-order valence-electron chi connectivity index (χ1n) is 10.6. The van der Waals surface area contributed by atoms with Crippen LogP contribution >= 0.6 is 23.8 Å². The third kappa shape index (κ3) is 4.35. The first-order chi connectivity index (χ1) is 16.5. The highest BCUT2D eigenvalue weighted by molar-refractivity contribution is 7.80. The second kappa shape index (κ2) is 9.21. The molecule has 1 unspecified atom stereocenters. The molecule has 34 heavy (non-hydrogen) atoms. The highest BCUT2D eigenvalue weighted by atomic mass is 35.5. The number of hydrogen-bond donors (Lipinski definition) is 2. The summed E-state index contributed by atoms with van der Waals surface area (Å²) in [6.07, 6.45) is -0.938. The number of aliphatic imine (C=N–C) groups is 1. The molecule has 6 nitrogen and oxygen atoms in total. The summed E-state index contributed by atoms with van der Waals surface area (Å²) in [7, 11) is 1.72. The van der Waals surface area contributed by atoms with E-state index in [0.717, 1.165) is 27.7 Å². The zero-order valence-corrected chi connectivity index (χ0v) is 19.8. The van der Waals surface area contributed by atoms with Crippen molar-refractivity contribution in [3.63, 3.8) is 0 Å². The fourth-order valence-corrected chi connectivity index (χ4v) is 4.27. The number of benzene rings is 3. The van der Waals surface area contributed by atoms with Gasteiger partial charge in [-0.3, -0.25) is 4.79 Å². The van der Waals surface area contributed by atoms with E-state index in [9.17, 15) is 4.79 Å². The number of aromatic nitrogens is 1. The number of hydrogen-bond acceptors (Lipinski definition) is 4. The third-order valence-corrected chi connectivity index (χ3v) is 6.01. The van der Waals surface area contributed by atoms with Crippen LogP contribution in [-0.2, 0) is 4.79 Å². The minimum absolute atomic E-state index is 0.245. The van der Waals surface area contributed by atoms with E-state index < -0.39 is 6.17 Å². The summed E-state index contributed by atoms with van der Waals surface area (Å²) in [4.78, 5) is 24.3. The van der Waals surface area contributed by atoms with Gasteiger partial charge in [-0.1, -0.05) is 60.1 Å². The Balaban J connectivity index is 1.48. The van der Waals surface area contributed by atoms with Crippen molar-refractivity contribution in [1.82, 2.24) is 10.3 Å². The van der Waals surface area contributed by atoms with E-state index in [-0.39, 0.29) is 11.0 Å². The average Bonchev–Trinajstić information content (AvgIpc) is 2.95. The van der Waals surface area contributed by atoms with Gasteiger partial charge in [-0.05, 0) is 48.6 Å². The molecule has 2 N–H and O–H groups in total. The molecule has 168 valence electrons. The Bertz CT molecular complexity index is 1440. The molecule has 2 heterocycles. The summed E-state index contributed by atoms with van der Waals surface area (Å²) in [6, 6.07) is 26.7. The van der Waals surface area contributed by atoms with Crippen LogP contribution in [0, 0.1) is 0 Å². The fourth-order valence-electron chi connectivity index (χ4n) is 3.88. The number of nitrogens with zero attached hydrogens (tertiary/aromatic N) is 3. The van der Waals surface area contributed by atoms with Crippen molar-refractivity contribution >= 4 is 63.0 Å². The standard InChI is InChI=1S/C26H20ClN5OS/c1-32-21-13-12-18(27)15-19(21)23(17-8-3-2-4-9-17)30-24(25(32)33)31-26(34)29-22-14-11-16-7-5-6-10-20(16)28-22/h2-15,24H,1H3,(H2,28,29,31,34). The van der Waals surface area contributed by atoms with Crippen molar-refractivity contribution < 1.29 is 4.79 Å². The van der Waals surface area contributed by atoms with Crippen molar-refractivity contribution in [2.45, 2.75) is 6.17 Å². The van der Waals surface area contributed by atoms with Gasteiger partial charge in [0.05, 0.1) is 16.9 Å². The molecule has 8 heteroatoms. The molecular formula is C26H20ClN5OS. The maximum atomic E-state index is 13.4. The van der Waals surface area contributed by atoms with E-state index in [1.807, 2.05) is 78.9 Å². The molecule has 5 rings (SSSR count). The zero-order chi connectivity index (χ0) is 23.7. The summed E-state index contributed by atoms with van der Waals surface area (Å²) in [5.41, 5.74) is 3.86. The molecule has 1 atom stereocenters. The molecule has 1 aliphatic heterocycles. The van der Waals surface area contributed by atoms with Gasteiger partial charge in [0.1, 0.15) is 5.82 Å². The molecule has 3 aromatic carbocycles. The van der Waals surface area contributed by atoms with Crippen LogP contribution < -0.4 is 15.5 Å². The number of para-hydroxylation sites is 1. The van der Waals surface area contributed by atoms with E-state index in [0.29, 0.717) is 16.6 Å². The van der Waals surface area contributed by atoms with Crippen molar-refractivity contribution in [3.8, 4) is 0 Å². The molecule has 1 aromatic heterocycles. The van der Waals surface area contributed by atoms with E-state index in [1.165, 1.54) is 0 Å². The van der Waals surface area contributed by atoms with Gasteiger partial charge in [-0.2, -0.15) is 0 Å². The van der Waals surface area contributed by atoms with Gasteiger partial charge in [-0.15, -0.1) is 0 Å². The summed E-state index contributed by atoms with van der Waals surface area (Å²) < 4.78 is 0. The number of fused-ring (bicyclic) bond motifs is 2. The Morgan fingerprint density at radius 2 is 1.76 bits per heavy atom. The lowest BCUT2D eigenvalue weighted by Crippen LogP contribution is -2.47. The molecule has 1 amide bonds. The van der Waals surface area contributed by atoms with Crippen molar-refractivity contribution in [2.75, 3.05) is 17.3 Å². The predicted molar refractivity (Wildman–Crippen MR) is 142 cm³/mol. The topological polar surface area (TPSA) is 69.6 Å². The molecule has 0 spiro atoms. The summed E-state index contributed by atoms with van der Waals surface area (Å²) >= 11 is 11.8. The SMILES string of the molecule is CN1C(=O)C(NC(=S)Nc2ccc3ccccc3n2)N=C(c2ccccc2)c2cc(Cl)ccc21. The molecule has 0 saturated carbocycles. The molecule has 4 aromatic rings. The largest absolute Gasteiger partial charge is 0.333 e. The molecule has 0 radical (unpaired) electrons. The normalized spacial score (nSPS) is 15.4. The number of anilines is 2. The molecule has 0 aliphatic carbocycles. The van der Waals surface area contributed by atoms with Crippen LogP contribution in [0.2, 0.25) is 5.02 Å². The second-order valence-electron chi connectivity index (χ2n) is 7.79. The average molecular weight is 486 g/mol. The van der Waals surface area contributed by atoms with Crippen LogP contribution in [0.3, 0.4) is 0 Å². The van der Waals surface area contributed by atoms with Crippen molar-refractivity contribution in [3.05, 3.63) is 101 Å². The van der Waals surface area contributed by atoms with Crippen LogP contribution in [0.25, 0.3) is 10.9 Å². The van der Waals surface area contributed by atoms with Gasteiger partial charge in [0.2, 0.25) is 6.17 Å². The van der Waals surface area contributed by atoms with Crippen LogP contribution in [0.5, 0.6) is 0 Å². The number of pyridine rings is 1. The van der Waals surface area contributed by atoms with Gasteiger partial charge in [0, 0.05) is 28.6 Å². The Labute approximate surface area is 207 Å². The van der Waals surface area contributed by atoms with Gasteiger partial charge in [0.15, 0.2) is 5.11 Å². The van der Waals surface area contributed by atoms with E-state index in [4.69, 9.17) is 28.8 Å². The number of likely N-dealkylation sites (N-methyl/N-ethyl adjacent to an activating group) is 1. The zero-order valence-electron chi connectivity index (χ0n) is 18.2. The van der Waals surface area contributed by atoms with Crippen LogP contribution in [-0.4, -0.2) is 34.9 Å². The molecule has 0 bridgehead atoms. The van der Waals surface area contributed by atoms with E-state index in [2.05, 4.69) is 15.6 Å². The minimum Gasteiger partial charge on any atom is -0.333 e. The second-order valence-corrected chi connectivity index (χ2v) is 8.64. The van der Waals surface area contributed by atoms with Crippen LogP contribution in [0.15, 0.2) is 89.9 Å². The monoisotopic (exact) mass is 485 g/mol. The van der Waals surface area contributed by atoms with Crippen LogP contribution in [0.1, 0.15) is 11.1 Å². The molecular weight excluding hydrogens is 466 g/mol. The van der Waals surface area contributed by atoms with Gasteiger partial charge in [-0.25, -0.2) is 9.98 Å². The van der Waals surface area contributed by atoms with Gasteiger partial charge >= 0.3 is 0 Å². The lowest BCUT2D eigenvalue weighted by Gasteiger charge is -2.22. The molecule has 0 saturated heterocycles. The number of carbonyl (C=O) groups is 1. The van der Waals surface area contributed by atoms with Crippen molar-refractivity contribution in [2.24, 2.45) is 4.99 Å². The van der Waals surface area contributed by atoms with Gasteiger partial charge < -0.3 is 15.5 Å². The third-order valence-electron chi connectivity index (χ3n) is 5.55. The highest BCUT2D eigenvalue weighted by Gasteiger charge is 2.30. The lowest BCUT2D eigenvalue weighted by molar-refractivity contribution is -0.119. The first kappa shape index (κ1) is 22.0. The maximum Gasteiger partial charge on any atom is 0.272 e. The Hall–Kier alpha value is -3.81. The smallest absolute Gasteiger partial charge is 0.272 e. The minimum atomic E-state index is -0.938. The summed E-state index contributed by atoms with van der Waals surface area (Å²) in [5, 5.41) is 7.96. The summed E-state index contributed by atoms with van der Waals surface area (Å²) in [6.45, 7) is 0. The molecule has 0 fully saturated rings.